The van der Waals surface area contributed by atoms with Crippen molar-refractivity contribution in [1.82, 2.24) is 24.6 Å². The van der Waals surface area contributed by atoms with Crippen LogP contribution in [-0.4, -0.2) is 71.5 Å². The molecule has 0 saturated carbocycles. The van der Waals surface area contributed by atoms with Gasteiger partial charge in [-0.05, 0) is 42.0 Å². The molecule has 46 heavy (non-hydrogen) atoms. The SMILES string of the molecule is NC(=O)c1ncc2sc(N3CCN(S(=O)(=O)c4ccc(C(F)(F)F)cc4)[C@@H](C(=O)NCc4ccc(OC(F)(F)F)cc4)C3)nc2n1. The van der Waals surface area contributed by atoms with Gasteiger partial charge in [-0.25, -0.2) is 18.4 Å². The first-order chi connectivity index (χ1) is 21.5. The van der Waals surface area contributed by atoms with E-state index in [1.165, 1.54) is 18.3 Å². The second-order valence-electron chi connectivity index (χ2n) is 9.75. The zero-order chi connectivity index (χ0) is 33.4. The van der Waals surface area contributed by atoms with Gasteiger partial charge in [-0.3, -0.25) is 9.59 Å². The lowest BCUT2D eigenvalue weighted by Gasteiger charge is -2.39. The molecule has 1 atom stereocenters. The van der Waals surface area contributed by atoms with Crippen molar-refractivity contribution in [2.24, 2.45) is 5.73 Å². The molecule has 2 aromatic carbocycles. The number of halogens is 6. The Labute approximate surface area is 259 Å². The number of nitrogens with one attached hydrogen (secondary N) is 1. The van der Waals surface area contributed by atoms with E-state index in [0.29, 0.717) is 27.5 Å². The van der Waals surface area contributed by atoms with Crippen molar-refractivity contribution in [3.63, 3.8) is 0 Å². The second kappa shape index (κ2) is 12.3. The highest BCUT2D eigenvalue weighted by Gasteiger charge is 2.41. The molecule has 1 aliphatic heterocycles. The van der Waals surface area contributed by atoms with Crippen LogP contribution in [0.2, 0.25) is 0 Å². The molecule has 0 spiro atoms. The van der Waals surface area contributed by atoms with E-state index in [2.05, 4.69) is 25.0 Å². The highest BCUT2D eigenvalue weighted by atomic mass is 32.2. The lowest BCUT2D eigenvalue weighted by atomic mass is 10.1. The minimum absolute atomic E-state index is 0.0141. The molecule has 12 nitrogen and oxygen atoms in total. The minimum Gasteiger partial charge on any atom is -0.406 e. The number of sulfonamides is 1. The molecule has 4 aromatic rings. The number of anilines is 1. The van der Waals surface area contributed by atoms with E-state index >= 15 is 0 Å². The fraction of sp³-hybridized carbons (Fsp3) is 0.269. The Kier molecular flexibility index (Phi) is 8.79. The largest absolute Gasteiger partial charge is 0.573 e. The maximum absolute atomic E-state index is 13.6. The number of ether oxygens (including phenoxy) is 1. The van der Waals surface area contributed by atoms with Gasteiger partial charge in [0, 0.05) is 26.2 Å². The number of thiazole rings is 1. The van der Waals surface area contributed by atoms with E-state index < -0.39 is 56.6 Å². The summed E-state index contributed by atoms with van der Waals surface area (Å²) in [5, 5.41) is 2.88. The molecule has 2 amide bonds. The first-order valence-electron chi connectivity index (χ1n) is 13.0. The van der Waals surface area contributed by atoms with Crippen LogP contribution in [0.3, 0.4) is 0 Å². The monoisotopic (exact) mass is 689 g/mol. The summed E-state index contributed by atoms with van der Waals surface area (Å²) in [6.45, 7) is -0.721. The number of amides is 2. The van der Waals surface area contributed by atoms with Gasteiger partial charge in [0.2, 0.25) is 21.8 Å². The maximum Gasteiger partial charge on any atom is 0.573 e. The smallest absolute Gasteiger partial charge is 0.406 e. The van der Waals surface area contributed by atoms with Crippen LogP contribution in [0.1, 0.15) is 21.7 Å². The molecule has 3 heterocycles. The molecule has 244 valence electrons. The Hall–Kier alpha value is -4.56. The first kappa shape index (κ1) is 32.8. The number of hydrogen-bond donors (Lipinski definition) is 2. The van der Waals surface area contributed by atoms with E-state index in [-0.39, 0.29) is 37.7 Å². The van der Waals surface area contributed by atoms with Crippen molar-refractivity contribution in [3.05, 3.63) is 71.7 Å². The van der Waals surface area contributed by atoms with Gasteiger partial charge in [-0.2, -0.15) is 22.5 Å². The van der Waals surface area contributed by atoms with Crippen molar-refractivity contribution in [3.8, 4) is 5.75 Å². The molecule has 0 radical (unpaired) electrons. The van der Waals surface area contributed by atoms with Crippen LogP contribution in [0, 0.1) is 0 Å². The average Bonchev–Trinajstić information content (AvgIpc) is 3.43. The second-order valence-corrected chi connectivity index (χ2v) is 12.7. The first-order valence-corrected chi connectivity index (χ1v) is 15.3. The van der Waals surface area contributed by atoms with Gasteiger partial charge in [0.05, 0.1) is 21.4 Å². The summed E-state index contributed by atoms with van der Waals surface area (Å²) >= 11 is 1.10. The van der Waals surface area contributed by atoms with Crippen molar-refractivity contribution >= 4 is 48.7 Å². The standard InChI is InChI=1S/C26H21F6N7O5S2/c27-25(28,29)15-3-7-17(8-4-15)46(42,43)39-10-9-38(24-37-21-19(45-24)12-34-22(36-21)20(33)40)13-18(39)23(41)35-11-14-1-5-16(6-2-14)44-26(30,31)32/h1-8,12,18H,9-11,13H2,(H2,33,40)(H,35,41)/t18-/m1/s1. The summed E-state index contributed by atoms with van der Waals surface area (Å²) in [6.07, 6.45) is -8.26. The van der Waals surface area contributed by atoms with Gasteiger partial charge in [0.15, 0.2) is 10.8 Å². The fourth-order valence-electron chi connectivity index (χ4n) is 4.49. The Balaban J connectivity index is 1.41. The topological polar surface area (TPSA) is 161 Å². The Morgan fingerprint density at radius 3 is 2.28 bits per heavy atom. The number of rotatable bonds is 8. The van der Waals surface area contributed by atoms with E-state index in [1.54, 1.807) is 4.90 Å². The number of nitrogens with two attached hydrogens (primary N) is 1. The van der Waals surface area contributed by atoms with Crippen LogP contribution in [0.25, 0.3) is 10.3 Å². The Bertz CT molecular complexity index is 1870. The van der Waals surface area contributed by atoms with Crippen LogP contribution in [0.5, 0.6) is 5.75 Å². The number of primary amides is 1. The van der Waals surface area contributed by atoms with Crippen LogP contribution in [-0.2, 0) is 27.5 Å². The van der Waals surface area contributed by atoms with Crippen molar-refractivity contribution in [2.45, 2.75) is 30.0 Å². The number of piperazine rings is 1. The molecular weight excluding hydrogens is 668 g/mol. The molecule has 5 rings (SSSR count). The molecule has 3 N–H and O–H groups in total. The molecule has 0 bridgehead atoms. The zero-order valence-electron chi connectivity index (χ0n) is 23.0. The number of benzene rings is 2. The van der Waals surface area contributed by atoms with Crippen LogP contribution in [0.4, 0.5) is 31.5 Å². The number of carbonyl (C=O) groups is 2. The normalized spacial score (nSPS) is 16.4. The molecule has 1 fully saturated rings. The summed E-state index contributed by atoms with van der Waals surface area (Å²) in [5.74, 6) is -2.43. The van der Waals surface area contributed by atoms with E-state index in [9.17, 15) is 44.3 Å². The average molecular weight is 690 g/mol. The predicted molar refractivity (Wildman–Crippen MR) is 150 cm³/mol. The number of aromatic nitrogens is 3. The van der Waals surface area contributed by atoms with E-state index in [1.807, 2.05) is 0 Å². The molecule has 2 aromatic heterocycles. The number of nitrogens with zero attached hydrogens (tertiary/aromatic N) is 5. The predicted octanol–water partition coefficient (Wildman–Crippen LogP) is 3.30. The maximum atomic E-state index is 13.6. The van der Waals surface area contributed by atoms with Gasteiger partial charge in [-0.1, -0.05) is 23.5 Å². The zero-order valence-corrected chi connectivity index (χ0v) is 24.7. The summed E-state index contributed by atoms with van der Waals surface area (Å²) in [5.41, 5.74) is 4.67. The lowest BCUT2D eigenvalue weighted by Crippen LogP contribution is -2.60. The van der Waals surface area contributed by atoms with Gasteiger partial charge >= 0.3 is 12.5 Å². The third-order valence-electron chi connectivity index (χ3n) is 6.68. The summed E-state index contributed by atoms with van der Waals surface area (Å²) in [7, 11) is -4.51. The molecular formula is C26H21F6N7O5S2. The van der Waals surface area contributed by atoms with Crippen molar-refractivity contribution < 1.29 is 49.1 Å². The lowest BCUT2D eigenvalue weighted by molar-refractivity contribution is -0.274. The Morgan fingerprint density at radius 2 is 1.67 bits per heavy atom. The van der Waals surface area contributed by atoms with Crippen LogP contribution >= 0.6 is 11.3 Å². The molecule has 0 aliphatic carbocycles. The fourth-order valence-corrected chi connectivity index (χ4v) is 6.97. The number of hydrogen-bond acceptors (Lipinski definition) is 10. The van der Waals surface area contributed by atoms with Gasteiger partial charge in [0.1, 0.15) is 11.8 Å². The number of alkyl halides is 6. The highest BCUT2D eigenvalue weighted by molar-refractivity contribution is 7.89. The number of fused-ring (bicyclic) bond motifs is 1. The molecule has 1 aliphatic rings. The quantitative estimate of drug-likeness (QED) is 0.265. The summed E-state index contributed by atoms with van der Waals surface area (Å²) in [4.78, 5) is 38.3. The molecule has 1 saturated heterocycles. The van der Waals surface area contributed by atoms with E-state index in [4.69, 9.17) is 5.73 Å². The Morgan fingerprint density at radius 1 is 1.00 bits per heavy atom. The third-order valence-corrected chi connectivity index (χ3v) is 9.64. The third kappa shape index (κ3) is 7.29. The van der Waals surface area contributed by atoms with E-state index in [0.717, 1.165) is 39.9 Å². The molecule has 0 unspecified atom stereocenters. The van der Waals surface area contributed by atoms with Gasteiger partial charge < -0.3 is 20.7 Å². The van der Waals surface area contributed by atoms with Crippen LogP contribution < -0.4 is 20.7 Å². The summed E-state index contributed by atoms with van der Waals surface area (Å²) in [6, 6.07) is 6.03. The minimum atomic E-state index is -4.90. The molecule has 20 heteroatoms. The number of carbonyl (C=O) groups excluding carboxylic acids is 2. The highest BCUT2D eigenvalue weighted by Crippen LogP contribution is 2.33. The summed E-state index contributed by atoms with van der Waals surface area (Å²) < 4.78 is 109. The van der Waals surface area contributed by atoms with Gasteiger partial charge in [0.25, 0.3) is 5.91 Å². The van der Waals surface area contributed by atoms with Crippen molar-refractivity contribution in [1.29, 1.82) is 0 Å². The van der Waals surface area contributed by atoms with Crippen LogP contribution in [0.15, 0.2) is 59.6 Å². The van der Waals surface area contributed by atoms with Gasteiger partial charge in [-0.15, -0.1) is 13.2 Å². The van der Waals surface area contributed by atoms with Crippen molar-refractivity contribution in [2.75, 3.05) is 24.5 Å².